The Morgan fingerprint density at radius 1 is 1.31 bits per heavy atom. The van der Waals surface area contributed by atoms with E-state index in [4.69, 9.17) is 0 Å². The third kappa shape index (κ3) is 4.39. The molecule has 0 bridgehead atoms. The van der Waals surface area contributed by atoms with Crippen molar-refractivity contribution in [2.24, 2.45) is 0 Å². The monoisotopic (exact) mass is 249 g/mol. The van der Waals surface area contributed by atoms with Gasteiger partial charge in [0, 0.05) is 6.54 Å². The number of nitrogens with one attached hydrogen (secondary N) is 1. The van der Waals surface area contributed by atoms with Gasteiger partial charge in [-0.2, -0.15) is 0 Å². The Kier molecular flexibility index (Phi) is 5.72. The topological polar surface area (TPSA) is 66.4 Å². The summed E-state index contributed by atoms with van der Waals surface area (Å²) in [4.78, 5) is 0. The average Bonchev–Trinajstić information content (AvgIpc) is 2.27. The van der Waals surface area contributed by atoms with Crippen molar-refractivity contribution >= 4 is 9.84 Å². The van der Waals surface area contributed by atoms with Crippen LogP contribution in [0.1, 0.15) is 39.0 Å². The van der Waals surface area contributed by atoms with E-state index in [0.717, 1.165) is 38.6 Å². The van der Waals surface area contributed by atoms with Gasteiger partial charge in [-0.05, 0) is 19.4 Å². The molecule has 0 aromatic carbocycles. The lowest BCUT2D eigenvalue weighted by molar-refractivity contribution is 0.194. The minimum absolute atomic E-state index is 0.0926. The third-order valence-corrected chi connectivity index (χ3v) is 5.45. The molecule has 2 N–H and O–H groups in total. The summed E-state index contributed by atoms with van der Waals surface area (Å²) in [6.45, 7) is 3.05. The Labute approximate surface area is 98.4 Å². The highest BCUT2D eigenvalue weighted by Crippen LogP contribution is 2.24. The van der Waals surface area contributed by atoms with E-state index in [0.29, 0.717) is 6.54 Å². The van der Waals surface area contributed by atoms with Crippen molar-refractivity contribution in [2.45, 2.75) is 50.4 Å². The SMILES string of the molecule is CCNCC(O)CS(=O)(=O)C1CCCCC1. The molecule has 1 saturated carbocycles. The largest absolute Gasteiger partial charge is 0.391 e. The van der Waals surface area contributed by atoms with Crippen LogP contribution in [0, 0.1) is 0 Å². The van der Waals surface area contributed by atoms with Gasteiger partial charge in [-0.15, -0.1) is 0 Å². The summed E-state index contributed by atoms with van der Waals surface area (Å²) < 4.78 is 23.9. The highest BCUT2D eigenvalue weighted by atomic mass is 32.2. The van der Waals surface area contributed by atoms with Crippen molar-refractivity contribution in [3.05, 3.63) is 0 Å². The molecule has 0 aliphatic heterocycles. The van der Waals surface area contributed by atoms with E-state index < -0.39 is 15.9 Å². The molecule has 0 heterocycles. The molecular weight excluding hydrogens is 226 g/mol. The van der Waals surface area contributed by atoms with Gasteiger partial charge in [0.25, 0.3) is 0 Å². The van der Waals surface area contributed by atoms with Gasteiger partial charge in [0.2, 0.25) is 0 Å². The van der Waals surface area contributed by atoms with Crippen molar-refractivity contribution in [2.75, 3.05) is 18.8 Å². The zero-order valence-corrected chi connectivity index (χ0v) is 10.8. The van der Waals surface area contributed by atoms with Gasteiger partial charge in [0.1, 0.15) is 0 Å². The molecule has 1 aliphatic carbocycles. The molecule has 0 radical (unpaired) electrons. The summed E-state index contributed by atoms with van der Waals surface area (Å²) in [5.41, 5.74) is 0. The lowest BCUT2D eigenvalue weighted by atomic mass is 10.0. The van der Waals surface area contributed by atoms with Crippen molar-refractivity contribution in [1.82, 2.24) is 5.32 Å². The molecule has 96 valence electrons. The number of hydrogen-bond donors (Lipinski definition) is 2. The van der Waals surface area contributed by atoms with Gasteiger partial charge < -0.3 is 10.4 Å². The van der Waals surface area contributed by atoms with Crippen LogP contribution < -0.4 is 5.32 Å². The Hall–Kier alpha value is -0.130. The first-order valence-electron chi connectivity index (χ1n) is 6.16. The minimum atomic E-state index is -3.10. The first-order chi connectivity index (χ1) is 7.56. The van der Waals surface area contributed by atoms with E-state index >= 15 is 0 Å². The molecule has 5 heteroatoms. The number of aliphatic hydroxyl groups is 1. The van der Waals surface area contributed by atoms with Crippen molar-refractivity contribution in [3.63, 3.8) is 0 Å². The molecule has 4 nitrogen and oxygen atoms in total. The maximum atomic E-state index is 12.0. The van der Waals surface area contributed by atoms with E-state index in [1.54, 1.807) is 0 Å². The van der Waals surface area contributed by atoms with Crippen LogP contribution in [0.5, 0.6) is 0 Å². The van der Waals surface area contributed by atoms with Gasteiger partial charge >= 0.3 is 0 Å². The van der Waals surface area contributed by atoms with Gasteiger partial charge in [0.05, 0.1) is 17.1 Å². The van der Waals surface area contributed by atoms with Crippen LogP contribution in [0.15, 0.2) is 0 Å². The summed E-state index contributed by atoms with van der Waals surface area (Å²) >= 11 is 0. The first-order valence-corrected chi connectivity index (χ1v) is 7.88. The number of sulfone groups is 1. The first kappa shape index (κ1) is 13.9. The van der Waals surface area contributed by atoms with E-state index in [1.807, 2.05) is 6.92 Å². The highest BCUT2D eigenvalue weighted by Gasteiger charge is 2.28. The van der Waals surface area contributed by atoms with Gasteiger partial charge in [-0.1, -0.05) is 26.2 Å². The second-order valence-corrected chi connectivity index (χ2v) is 6.88. The smallest absolute Gasteiger partial charge is 0.155 e. The predicted molar refractivity (Wildman–Crippen MR) is 65.2 cm³/mol. The van der Waals surface area contributed by atoms with Crippen LogP contribution in [0.2, 0.25) is 0 Å². The molecule has 1 aliphatic rings. The van der Waals surface area contributed by atoms with Crippen molar-refractivity contribution < 1.29 is 13.5 Å². The number of likely N-dealkylation sites (N-methyl/N-ethyl adjacent to an activating group) is 1. The zero-order valence-electron chi connectivity index (χ0n) is 9.98. The molecule has 1 atom stereocenters. The fourth-order valence-corrected chi connectivity index (χ4v) is 4.18. The Bertz CT molecular complexity index is 284. The van der Waals surface area contributed by atoms with Crippen LogP contribution in [0.4, 0.5) is 0 Å². The summed E-state index contributed by atoms with van der Waals surface area (Å²) in [5, 5.41) is 12.4. The van der Waals surface area contributed by atoms with E-state index in [2.05, 4.69) is 5.32 Å². The van der Waals surface area contributed by atoms with Crippen molar-refractivity contribution in [1.29, 1.82) is 0 Å². The van der Waals surface area contributed by atoms with Crippen molar-refractivity contribution in [3.8, 4) is 0 Å². The maximum Gasteiger partial charge on any atom is 0.155 e. The second kappa shape index (κ2) is 6.57. The summed E-state index contributed by atoms with van der Waals surface area (Å²) in [5.74, 6) is -0.0926. The number of rotatable bonds is 6. The quantitative estimate of drug-likeness (QED) is 0.727. The average molecular weight is 249 g/mol. The second-order valence-electron chi connectivity index (χ2n) is 4.55. The van der Waals surface area contributed by atoms with Gasteiger partial charge in [0.15, 0.2) is 9.84 Å². The number of aliphatic hydroxyl groups excluding tert-OH is 1. The fourth-order valence-electron chi connectivity index (χ4n) is 2.20. The lowest BCUT2D eigenvalue weighted by Crippen LogP contribution is -2.36. The van der Waals surface area contributed by atoms with Gasteiger partial charge in [-0.3, -0.25) is 0 Å². The molecule has 0 aromatic heterocycles. The third-order valence-electron chi connectivity index (χ3n) is 3.11. The van der Waals surface area contributed by atoms with E-state index in [-0.39, 0.29) is 11.0 Å². The molecule has 16 heavy (non-hydrogen) atoms. The molecule has 0 saturated heterocycles. The molecule has 0 spiro atoms. The minimum Gasteiger partial charge on any atom is -0.391 e. The standard InChI is InChI=1S/C11H23NO3S/c1-2-12-8-10(13)9-16(14,15)11-6-4-3-5-7-11/h10-13H,2-9H2,1H3. The fraction of sp³-hybridized carbons (Fsp3) is 1.00. The molecule has 0 amide bonds. The van der Waals surface area contributed by atoms with Crippen LogP contribution in [-0.4, -0.2) is 43.7 Å². The van der Waals surface area contributed by atoms with Crippen LogP contribution in [0.25, 0.3) is 0 Å². The van der Waals surface area contributed by atoms with Gasteiger partial charge in [-0.25, -0.2) is 8.42 Å². The molecule has 1 rings (SSSR count). The van der Waals surface area contributed by atoms with Crippen LogP contribution in [0.3, 0.4) is 0 Å². The molecule has 1 fully saturated rings. The highest BCUT2D eigenvalue weighted by molar-refractivity contribution is 7.92. The molecule has 1 unspecified atom stereocenters. The summed E-state index contributed by atoms with van der Waals surface area (Å²) in [7, 11) is -3.10. The lowest BCUT2D eigenvalue weighted by Gasteiger charge is -2.23. The Morgan fingerprint density at radius 2 is 1.94 bits per heavy atom. The Balaban J connectivity index is 2.43. The summed E-state index contributed by atoms with van der Waals surface area (Å²) in [6, 6.07) is 0. The number of hydrogen-bond acceptors (Lipinski definition) is 4. The molecular formula is C11H23NO3S. The maximum absolute atomic E-state index is 12.0. The van der Waals surface area contributed by atoms with E-state index in [1.165, 1.54) is 0 Å². The zero-order chi connectivity index (χ0) is 12.0. The summed E-state index contributed by atoms with van der Waals surface area (Å²) in [6.07, 6.45) is 3.94. The van der Waals surface area contributed by atoms with E-state index in [9.17, 15) is 13.5 Å². The predicted octanol–water partition coefficient (Wildman–Crippen LogP) is 0.704. The molecule has 0 aromatic rings. The normalized spacial score (nSPS) is 20.9. The Morgan fingerprint density at radius 3 is 2.50 bits per heavy atom. The van der Waals surface area contributed by atoms with Crippen LogP contribution in [-0.2, 0) is 9.84 Å². The van der Waals surface area contributed by atoms with Crippen LogP contribution >= 0.6 is 0 Å².